The normalized spacial score (nSPS) is 10.4. The standard InChI is InChI=1S/C13H20ClNO3/c1-4-15-8-10-6-11(14)13(12(7-10)16-3)18-9-17-5-2/h6-7,15H,4-5,8-9H2,1-3H3. The molecular weight excluding hydrogens is 254 g/mol. The van der Waals surface area contributed by atoms with Gasteiger partial charge in [0.1, 0.15) is 0 Å². The number of rotatable bonds is 8. The first kappa shape index (κ1) is 15.1. The fraction of sp³-hybridized carbons (Fsp3) is 0.538. The van der Waals surface area contributed by atoms with E-state index in [0.717, 1.165) is 18.7 Å². The zero-order valence-electron chi connectivity index (χ0n) is 11.1. The molecule has 0 aliphatic rings. The first-order valence-corrected chi connectivity index (χ1v) is 6.38. The number of benzene rings is 1. The number of hydrogen-bond acceptors (Lipinski definition) is 4. The zero-order chi connectivity index (χ0) is 13.4. The first-order chi connectivity index (χ1) is 8.72. The first-order valence-electron chi connectivity index (χ1n) is 6.00. The third-order valence-corrected chi connectivity index (χ3v) is 2.64. The maximum atomic E-state index is 6.18. The average molecular weight is 274 g/mol. The summed E-state index contributed by atoms with van der Waals surface area (Å²) in [6, 6.07) is 3.78. The van der Waals surface area contributed by atoms with E-state index in [9.17, 15) is 0 Å². The van der Waals surface area contributed by atoms with Crippen LogP contribution >= 0.6 is 11.6 Å². The molecule has 5 heteroatoms. The molecule has 0 aliphatic carbocycles. The minimum atomic E-state index is 0.166. The molecular formula is C13H20ClNO3. The van der Waals surface area contributed by atoms with Crippen molar-refractivity contribution in [2.24, 2.45) is 0 Å². The third kappa shape index (κ3) is 4.37. The van der Waals surface area contributed by atoms with Gasteiger partial charge in [0.15, 0.2) is 18.3 Å². The zero-order valence-corrected chi connectivity index (χ0v) is 11.8. The predicted octanol–water partition coefficient (Wildman–Crippen LogP) is 2.83. The van der Waals surface area contributed by atoms with Gasteiger partial charge in [0, 0.05) is 13.2 Å². The predicted molar refractivity (Wildman–Crippen MR) is 72.5 cm³/mol. The summed E-state index contributed by atoms with van der Waals surface area (Å²) in [4.78, 5) is 0. The molecule has 0 fully saturated rings. The Morgan fingerprint density at radius 1 is 1.28 bits per heavy atom. The lowest BCUT2D eigenvalue weighted by Gasteiger charge is -2.14. The molecule has 0 saturated carbocycles. The molecule has 0 amide bonds. The largest absolute Gasteiger partial charge is 0.493 e. The van der Waals surface area contributed by atoms with Crippen LogP contribution in [0, 0.1) is 0 Å². The highest BCUT2D eigenvalue weighted by Crippen LogP contribution is 2.36. The van der Waals surface area contributed by atoms with Crippen LogP contribution in [-0.4, -0.2) is 27.1 Å². The Morgan fingerprint density at radius 2 is 2.06 bits per heavy atom. The summed E-state index contributed by atoms with van der Waals surface area (Å²) in [6.07, 6.45) is 0. The van der Waals surface area contributed by atoms with E-state index in [0.29, 0.717) is 23.1 Å². The SMILES string of the molecule is CCNCc1cc(Cl)c(OCOCC)c(OC)c1. The maximum Gasteiger partial charge on any atom is 0.189 e. The van der Waals surface area contributed by atoms with Gasteiger partial charge in [0.25, 0.3) is 0 Å². The van der Waals surface area contributed by atoms with Crippen molar-refractivity contribution in [1.29, 1.82) is 0 Å². The van der Waals surface area contributed by atoms with E-state index >= 15 is 0 Å². The maximum absolute atomic E-state index is 6.18. The average Bonchev–Trinajstić information content (AvgIpc) is 2.38. The van der Waals surface area contributed by atoms with Gasteiger partial charge in [-0.05, 0) is 31.2 Å². The summed E-state index contributed by atoms with van der Waals surface area (Å²) in [5.41, 5.74) is 1.06. The topological polar surface area (TPSA) is 39.7 Å². The summed E-state index contributed by atoms with van der Waals surface area (Å²) >= 11 is 6.18. The van der Waals surface area contributed by atoms with Crippen LogP contribution in [0.3, 0.4) is 0 Å². The van der Waals surface area contributed by atoms with E-state index in [2.05, 4.69) is 12.2 Å². The lowest BCUT2D eigenvalue weighted by Crippen LogP contribution is -2.12. The van der Waals surface area contributed by atoms with Crippen LogP contribution in [-0.2, 0) is 11.3 Å². The Labute approximate surface area is 113 Å². The summed E-state index contributed by atoms with van der Waals surface area (Å²) in [6.45, 7) is 6.37. The minimum Gasteiger partial charge on any atom is -0.493 e. The van der Waals surface area contributed by atoms with Gasteiger partial charge in [-0.3, -0.25) is 0 Å². The molecule has 0 heterocycles. The van der Waals surface area contributed by atoms with Crippen LogP contribution in [0.1, 0.15) is 19.4 Å². The van der Waals surface area contributed by atoms with Crippen molar-refractivity contribution in [3.63, 3.8) is 0 Å². The Balaban J connectivity index is 2.82. The quantitative estimate of drug-likeness (QED) is 0.584. The number of nitrogens with one attached hydrogen (secondary N) is 1. The van der Waals surface area contributed by atoms with E-state index in [1.54, 1.807) is 7.11 Å². The third-order valence-electron chi connectivity index (χ3n) is 2.36. The highest BCUT2D eigenvalue weighted by atomic mass is 35.5. The van der Waals surface area contributed by atoms with Crippen LogP contribution in [0.25, 0.3) is 0 Å². The van der Waals surface area contributed by atoms with Crippen molar-refractivity contribution in [2.45, 2.75) is 20.4 Å². The van der Waals surface area contributed by atoms with Crippen molar-refractivity contribution in [1.82, 2.24) is 5.32 Å². The molecule has 0 aliphatic heterocycles. The number of halogens is 1. The number of ether oxygens (including phenoxy) is 3. The number of hydrogen-bond donors (Lipinski definition) is 1. The fourth-order valence-corrected chi connectivity index (χ4v) is 1.76. The van der Waals surface area contributed by atoms with Crippen molar-refractivity contribution in [2.75, 3.05) is 27.1 Å². The highest BCUT2D eigenvalue weighted by molar-refractivity contribution is 6.32. The van der Waals surface area contributed by atoms with E-state index < -0.39 is 0 Å². The van der Waals surface area contributed by atoms with E-state index in [4.69, 9.17) is 25.8 Å². The van der Waals surface area contributed by atoms with Gasteiger partial charge in [-0.25, -0.2) is 0 Å². The molecule has 1 aromatic rings. The molecule has 0 bridgehead atoms. The van der Waals surface area contributed by atoms with Crippen LogP contribution in [0.2, 0.25) is 5.02 Å². The van der Waals surface area contributed by atoms with Crippen molar-refractivity contribution in [3.8, 4) is 11.5 Å². The van der Waals surface area contributed by atoms with Gasteiger partial charge in [0.2, 0.25) is 0 Å². The lowest BCUT2D eigenvalue weighted by molar-refractivity contribution is 0.0209. The lowest BCUT2D eigenvalue weighted by atomic mass is 10.2. The molecule has 0 aromatic heterocycles. The van der Waals surface area contributed by atoms with Crippen LogP contribution < -0.4 is 14.8 Å². The molecule has 18 heavy (non-hydrogen) atoms. The Morgan fingerprint density at radius 3 is 2.67 bits per heavy atom. The second kappa shape index (κ2) is 8.19. The summed E-state index contributed by atoms with van der Waals surface area (Å²) < 4.78 is 15.9. The van der Waals surface area contributed by atoms with Gasteiger partial charge in [-0.1, -0.05) is 18.5 Å². The molecule has 0 atom stereocenters. The molecule has 0 saturated heterocycles. The molecule has 1 aromatic carbocycles. The highest BCUT2D eigenvalue weighted by Gasteiger charge is 2.11. The second-order valence-corrected chi connectivity index (χ2v) is 4.05. The summed E-state index contributed by atoms with van der Waals surface area (Å²) in [7, 11) is 1.59. The summed E-state index contributed by atoms with van der Waals surface area (Å²) in [5, 5.41) is 3.76. The molecule has 102 valence electrons. The van der Waals surface area contributed by atoms with Gasteiger partial charge < -0.3 is 19.5 Å². The molecule has 0 unspecified atom stereocenters. The van der Waals surface area contributed by atoms with Gasteiger partial charge in [0.05, 0.1) is 12.1 Å². The number of methoxy groups -OCH3 is 1. The molecule has 0 spiro atoms. The smallest absolute Gasteiger partial charge is 0.189 e. The minimum absolute atomic E-state index is 0.166. The second-order valence-electron chi connectivity index (χ2n) is 3.64. The van der Waals surface area contributed by atoms with Crippen LogP contribution in [0.4, 0.5) is 0 Å². The van der Waals surface area contributed by atoms with E-state index in [-0.39, 0.29) is 6.79 Å². The Kier molecular flexibility index (Phi) is 6.86. The molecule has 4 nitrogen and oxygen atoms in total. The van der Waals surface area contributed by atoms with Gasteiger partial charge >= 0.3 is 0 Å². The fourth-order valence-electron chi connectivity index (χ4n) is 1.47. The monoisotopic (exact) mass is 273 g/mol. The van der Waals surface area contributed by atoms with Crippen molar-refractivity contribution < 1.29 is 14.2 Å². The van der Waals surface area contributed by atoms with E-state index in [1.807, 2.05) is 19.1 Å². The Hall–Kier alpha value is -0.970. The van der Waals surface area contributed by atoms with E-state index in [1.165, 1.54) is 0 Å². The molecule has 0 radical (unpaired) electrons. The Bertz CT molecular complexity index is 371. The van der Waals surface area contributed by atoms with Gasteiger partial charge in [-0.2, -0.15) is 0 Å². The van der Waals surface area contributed by atoms with Crippen molar-refractivity contribution >= 4 is 11.6 Å². The van der Waals surface area contributed by atoms with Gasteiger partial charge in [-0.15, -0.1) is 0 Å². The summed E-state index contributed by atoms with van der Waals surface area (Å²) in [5.74, 6) is 1.14. The molecule has 1 N–H and O–H groups in total. The van der Waals surface area contributed by atoms with Crippen LogP contribution in [0.5, 0.6) is 11.5 Å². The molecule has 1 rings (SSSR count). The van der Waals surface area contributed by atoms with Crippen molar-refractivity contribution in [3.05, 3.63) is 22.7 Å². The van der Waals surface area contributed by atoms with Crippen LogP contribution in [0.15, 0.2) is 12.1 Å².